The minimum absolute atomic E-state index is 0.260. The van der Waals surface area contributed by atoms with Crippen molar-refractivity contribution in [2.24, 2.45) is 0 Å². The summed E-state index contributed by atoms with van der Waals surface area (Å²) >= 11 is 0. The van der Waals surface area contributed by atoms with E-state index in [-0.39, 0.29) is 5.56 Å². The highest BCUT2D eigenvalue weighted by atomic mass is 16.4. The van der Waals surface area contributed by atoms with Crippen LogP contribution in [0.25, 0.3) is 0 Å². The van der Waals surface area contributed by atoms with Crippen molar-refractivity contribution in [1.29, 1.82) is 0 Å². The van der Waals surface area contributed by atoms with Crippen molar-refractivity contribution in [2.45, 2.75) is 38.1 Å². The molecule has 1 aromatic carbocycles. The zero-order valence-electron chi connectivity index (χ0n) is 9.78. The second kappa shape index (κ2) is 5.08. The van der Waals surface area contributed by atoms with Gasteiger partial charge in [0.15, 0.2) is 0 Å². The number of carboxylic acids is 1. The molecule has 0 heterocycles. The molecule has 17 heavy (non-hydrogen) atoms. The lowest BCUT2D eigenvalue weighted by atomic mass is 9.95. The fourth-order valence-electron chi connectivity index (χ4n) is 2.36. The quantitative estimate of drug-likeness (QED) is 0.703. The van der Waals surface area contributed by atoms with Crippen molar-refractivity contribution in [2.75, 3.05) is 11.1 Å². The Hall–Kier alpha value is -1.71. The molecule has 0 aliphatic heterocycles. The van der Waals surface area contributed by atoms with E-state index in [0.717, 1.165) is 12.8 Å². The number of para-hydroxylation sites is 1. The van der Waals surface area contributed by atoms with Gasteiger partial charge in [-0.1, -0.05) is 25.3 Å². The minimum atomic E-state index is -0.935. The minimum Gasteiger partial charge on any atom is -0.478 e. The second-order valence-corrected chi connectivity index (χ2v) is 4.55. The Morgan fingerprint density at radius 1 is 1.29 bits per heavy atom. The van der Waals surface area contributed by atoms with Crippen LogP contribution in [-0.4, -0.2) is 17.1 Å². The zero-order chi connectivity index (χ0) is 12.3. The Bertz CT molecular complexity index is 412. The van der Waals surface area contributed by atoms with Crippen LogP contribution >= 0.6 is 0 Å². The number of anilines is 2. The average Bonchev–Trinajstić information content (AvgIpc) is 2.33. The SMILES string of the molecule is Nc1cccc(C(=O)O)c1NC1CCCCC1. The number of carboxylic acid groups (broad SMARTS) is 1. The van der Waals surface area contributed by atoms with E-state index in [4.69, 9.17) is 10.8 Å². The number of nitrogens with two attached hydrogens (primary N) is 1. The molecule has 0 saturated heterocycles. The van der Waals surface area contributed by atoms with Gasteiger partial charge in [-0.05, 0) is 25.0 Å². The Balaban J connectivity index is 2.21. The molecule has 1 saturated carbocycles. The number of hydrogen-bond acceptors (Lipinski definition) is 3. The summed E-state index contributed by atoms with van der Waals surface area (Å²) in [5.74, 6) is -0.935. The number of rotatable bonds is 3. The highest BCUT2D eigenvalue weighted by molar-refractivity contribution is 5.97. The van der Waals surface area contributed by atoms with Gasteiger partial charge in [-0.25, -0.2) is 4.79 Å². The van der Waals surface area contributed by atoms with Gasteiger partial charge in [0.2, 0.25) is 0 Å². The van der Waals surface area contributed by atoms with Gasteiger partial charge < -0.3 is 16.2 Å². The largest absolute Gasteiger partial charge is 0.478 e. The van der Waals surface area contributed by atoms with Crippen LogP contribution in [0.2, 0.25) is 0 Å². The molecular weight excluding hydrogens is 216 g/mol. The average molecular weight is 234 g/mol. The number of carbonyl (C=O) groups is 1. The molecule has 4 N–H and O–H groups in total. The number of nitrogens with one attached hydrogen (secondary N) is 1. The standard InChI is InChI=1S/C13H18N2O2/c14-11-8-4-7-10(13(16)17)12(11)15-9-5-2-1-3-6-9/h4,7-9,15H,1-3,5-6,14H2,(H,16,17). The van der Waals surface area contributed by atoms with Crippen LogP contribution in [0.1, 0.15) is 42.5 Å². The summed E-state index contributed by atoms with van der Waals surface area (Å²) in [6.45, 7) is 0. The van der Waals surface area contributed by atoms with Crippen LogP contribution in [0.15, 0.2) is 18.2 Å². The first-order valence-corrected chi connectivity index (χ1v) is 6.07. The van der Waals surface area contributed by atoms with Gasteiger partial charge in [0.05, 0.1) is 16.9 Å². The Morgan fingerprint density at radius 2 is 2.00 bits per heavy atom. The van der Waals surface area contributed by atoms with Crippen molar-refractivity contribution in [3.05, 3.63) is 23.8 Å². The van der Waals surface area contributed by atoms with E-state index in [1.165, 1.54) is 19.3 Å². The smallest absolute Gasteiger partial charge is 0.337 e. The molecule has 1 aliphatic carbocycles. The van der Waals surface area contributed by atoms with E-state index in [1.54, 1.807) is 18.2 Å². The van der Waals surface area contributed by atoms with Gasteiger partial charge >= 0.3 is 5.97 Å². The highest BCUT2D eigenvalue weighted by Gasteiger charge is 2.18. The lowest BCUT2D eigenvalue weighted by Crippen LogP contribution is -2.24. The van der Waals surface area contributed by atoms with E-state index in [0.29, 0.717) is 17.4 Å². The van der Waals surface area contributed by atoms with Crippen molar-refractivity contribution < 1.29 is 9.90 Å². The summed E-state index contributed by atoms with van der Waals surface area (Å²) in [6, 6.07) is 5.35. The van der Waals surface area contributed by atoms with Gasteiger partial charge in [-0.3, -0.25) is 0 Å². The topological polar surface area (TPSA) is 75.4 Å². The molecule has 2 rings (SSSR count). The molecule has 0 spiro atoms. The van der Waals surface area contributed by atoms with Crippen molar-refractivity contribution in [1.82, 2.24) is 0 Å². The van der Waals surface area contributed by atoms with Gasteiger partial charge in [-0.2, -0.15) is 0 Å². The van der Waals surface area contributed by atoms with Crippen LogP contribution in [0.4, 0.5) is 11.4 Å². The molecule has 1 aliphatic rings. The lowest BCUT2D eigenvalue weighted by molar-refractivity contribution is 0.0698. The summed E-state index contributed by atoms with van der Waals surface area (Å²) < 4.78 is 0. The number of hydrogen-bond donors (Lipinski definition) is 3. The second-order valence-electron chi connectivity index (χ2n) is 4.55. The molecule has 0 atom stereocenters. The fraction of sp³-hybridized carbons (Fsp3) is 0.462. The molecule has 0 bridgehead atoms. The van der Waals surface area contributed by atoms with Crippen molar-refractivity contribution >= 4 is 17.3 Å². The maximum atomic E-state index is 11.1. The Kier molecular flexibility index (Phi) is 3.52. The normalized spacial score (nSPS) is 16.7. The predicted molar refractivity (Wildman–Crippen MR) is 68.3 cm³/mol. The van der Waals surface area contributed by atoms with Gasteiger partial charge in [0, 0.05) is 6.04 Å². The van der Waals surface area contributed by atoms with E-state index in [2.05, 4.69) is 5.32 Å². The first-order valence-electron chi connectivity index (χ1n) is 6.07. The molecule has 0 radical (unpaired) electrons. The molecule has 92 valence electrons. The first kappa shape index (κ1) is 11.8. The summed E-state index contributed by atoms with van der Waals surface area (Å²) in [4.78, 5) is 11.1. The third kappa shape index (κ3) is 2.70. The zero-order valence-corrected chi connectivity index (χ0v) is 9.78. The maximum absolute atomic E-state index is 11.1. The van der Waals surface area contributed by atoms with E-state index >= 15 is 0 Å². The van der Waals surface area contributed by atoms with E-state index < -0.39 is 5.97 Å². The lowest BCUT2D eigenvalue weighted by Gasteiger charge is -2.25. The first-order chi connectivity index (χ1) is 8.18. The van der Waals surface area contributed by atoms with Crippen LogP contribution < -0.4 is 11.1 Å². The van der Waals surface area contributed by atoms with Crippen LogP contribution in [-0.2, 0) is 0 Å². The Labute approximate surface area is 101 Å². The molecule has 4 nitrogen and oxygen atoms in total. The van der Waals surface area contributed by atoms with Gasteiger partial charge in [-0.15, -0.1) is 0 Å². The molecule has 0 aromatic heterocycles. The van der Waals surface area contributed by atoms with E-state index in [1.807, 2.05) is 0 Å². The molecule has 4 heteroatoms. The Morgan fingerprint density at radius 3 is 2.65 bits per heavy atom. The van der Waals surface area contributed by atoms with Crippen LogP contribution in [0.3, 0.4) is 0 Å². The third-order valence-electron chi connectivity index (χ3n) is 3.28. The maximum Gasteiger partial charge on any atom is 0.337 e. The van der Waals surface area contributed by atoms with Gasteiger partial charge in [0.1, 0.15) is 0 Å². The monoisotopic (exact) mass is 234 g/mol. The fourth-order valence-corrected chi connectivity index (χ4v) is 2.36. The highest BCUT2D eigenvalue weighted by Crippen LogP contribution is 2.28. The van der Waals surface area contributed by atoms with Crippen molar-refractivity contribution in [3.63, 3.8) is 0 Å². The summed E-state index contributed by atoms with van der Waals surface area (Å²) in [5, 5.41) is 12.4. The van der Waals surface area contributed by atoms with E-state index in [9.17, 15) is 4.79 Å². The number of nitrogen functional groups attached to an aromatic ring is 1. The molecular formula is C13H18N2O2. The van der Waals surface area contributed by atoms with Gasteiger partial charge in [0.25, 0.3) is 0 Å². The summed E-state index contributed by atoms with van der Waals surface area (Å²) in [7, 11) is 0. The molecule has 1 aromatic rings. The molecule has 0 unspecified atom stereocenters. The van der Waals surface area contributed by atoms with Crippen LogP contribution in [0, 0.1) is 0 Å². The third-order valence-corrected chi connectivity index (χ3v) is 3.28. The predicted octanol–water partition coefficient (Wildman–Crippen LogP) is 2.71. The van der Waals surface area contributed by atoms with Crippen LogP contribution in [0.5, 0.6) is 0 Å². The molecule has 1 fully saturated rings. The number of aromatic carboxylic acids is 1. The number of benzene rings is 1. The summed E-state index contributed by atoms with van der Waals surface area (Å²) in [6.07, 6.45) is 5.86. The van der Waals surface area contributed by atoms with Crippen molar-refractivity contribution in [3.8, 4) is 0 Å². The summed E-state index contributed by atoms with van der Waals surface area (Å²) in [5.41, 5.74) is 7.20. The molecule has 0 amide bonds.